The van der Waals surface area contributed by atoms with Crippen LogP contribution in [0.15, 0.2) is 0 Å². The van der Waals surface area contributed by atoms with Crippen LogP contribution in [0.1, 0.15) is 47.0 Å². The second kappa shape index (κ2) is 2.62. The van der Waals surface area contributed by atoms with Gasteiger partial charge in [-0.3, -0.25) is 0 Å². The van der Waals surface area contributed by atoms with Gasteiger partial charge in [-0.25, -0.2) is 0 Å². The second-order valence-electron chi connectivity index (χ2n) is 5.60. The molecule has 2 atom stereocenters. The lowest BCUT2D eigenvalue weighted by atomic mass is 9.66. The van der Waals surface area contributed by atoms with E-state index in [-0.39, 0.29) is 10.3 Å². The fourth-order valence-corrected chi connectivity index (χ4v) is 3.66. The first kappa shape index (κ1) is 10.3. The third kappa shape index (κ3) is 2.63. The number of alkyl halides is 1. The fraction of sp³-hybridized carbons (Fsp3) is 1.00. The molecule has 72 valence electrons. The fourth-order valence-electron chi connectivity index (χ4n) is 3.01. The Morgan fingerprint density at radius 1 is 1.00 bits per heavy atom. The normalized spacial score (nSPS) is 47.5. The summed E-state index contributed by atoms with van der Waals surface area (Å²) in [5, 5.41) is 9.96. The Bertz CT molecular complexity index is 137. The quantitative estimate of drug-likeness (QED) is 0.583. The van der Waals surface area contributed by atoms with E-state index in [2.05, 4.69) is 13.8 Å². The Morgan fingerprint density at radius 2 is 1.50 bits per heavy atom. The highest BCUT2D eigenvalue weighted by Gasteiger charge is 2.45. The summed E-state index contributed by atoms with van der Waals surface area (Å²) in [6.45, 7) is 8.24. The molecule has 1 nitrogen and oxygen atoms in total. The van der Waals surface area contributed by atoms with E-state index in [1.54, 1.807) is 0 Å². The van der Waals surface area contributed by atoms with Gasteiger partial charge < -0.3 is 5.11 Å². The zero-order chi connectivity index (χ0) is 9.62. The third-order valence-corrected chi connectivity index (χ3v) is 2.72. The summed E-state index contributed by atoms with van der Waals surface area (Å²) in [5.41, 5.74) is -0.420. The molecule has 1 fully saturated rings. The Kier molecular flexibility index (Phi) is 2.25. The summed E-state index contributed by atoms with van der Waals surface area (Å²) in [5.74, 6) is 0. The number of hydrogen-bond donors (Lipinski definition) is 1. The van der Waals surface area contributed by atoms with Crippen LogP contribution in [0.3, 0.4) is 0 Å². The molecule has 0 saturated heterocycles. The van der Waals surface area contributed by atoms with Crippen LogP contribution in [0.25, 0.3) is 0 Å². The zero-order valence-electron chi connectivity index (χ0n) is 8.45. The van der Waals surface area contributed by atoms with Crippen molar-refractivity contribution in [3.63, 3.8) is 0 Å². The molecule has 0 aromatic carbocycles. The lowest BCUT2D eigenvalue weighted by molar-refractivity contribution is -0.0366. The molecule has 0 bridgehead atoms. The van der Waals surface area contributed by atoms with E-state index >= 15 is 0 Å². The first-order chi connectivity index (χ1) is 5.12. The number of rotatable bonds is 0. The number of hydrogen-bond acceptors (Lipinski definition) is 1. The second-order valence-corrected chi connectivity index (χ2v) is 6.52. The van der Waals surface area contributed by atoms with Gasteiger partial charge in [-0.1, -0.05) is 13.8 Å². The van der Waals surface area contributed by atoms with Gasteiger partial charge in [0.05, 0.1) is 5.60 Å². The zero-order valence-corrected chi connectivity index (χ0v) is 9.20. The minimum atomic E-state index is -0.585. The molecule has 12 heavy (non-hydrogen) atoms. The molecule has 2 heteroatoms. The standard InChI is InChI=1S/C10H19ClO/c1-8(2)5-9(3,11)7-10(4,12)6-8/h12H,5-7H2,1-4H3/t9-,10-/m0/s1. The van der Waals surface area contributed by atoms with Gasteiger partial charge in [-0.15, -0.1) is 11.6 Å². The molecule has 1 saturated carbocycles. The van der Waals surface area contributed by atoms with E-state index in [0.29, 0.717) is 6.42 Å². The van der Waals surface area contributed by atoms with Crippen LogP contribution in [-0.2, 0) is 0 Å². The molecule has 0 unspecified atom stereocenters. The molecule has 0 amide bonds. The van der Waals surface area contributed by atoms with E-state index < -0.39 is 5.60 Å². The lowest BCUT2D eigenvalue weighted by Gasteiger charge is -2.46. The predicted molar refractivity (Wildman–Crippen MR) is 52.5 cm³/mol. The van der Waals surface area contributed by atoms with E-state index in [1.807, 2.05) is 13.8 Å². The molecule has 1 N–H and O–H groups in total. The minimum absolute atomic E-state index is 0.165. The highest BCUT2D eigenvalue weighted by Crippen LogP contribution is 2.48. The lowest BCUT2D eigenvalue weighted by Crippen LogP contribution is -2.46. The monoisotopic (exact) mass is 190 g/mol. The number of halogens is 1. The molecule has 0 aromatic rings. The van der Waals surface area contributed by atoms with Crippen molar-refractivity contribution in [1.82, 2.24) is 0 Å². The smallest absolute Gasteiger partial charge is 0.0641 e. The third-order valence-electron chi connectivity index (χ3n) is 2.46. The Hall–Kier alpha value is 0.250. The highest BCUT2D eigenvalue weighted by molar-refractivity contribution is 6.23. The topological polar surface area (TPSA) is 20.2 Å². The molecule has 0 heterocycles. The van der Waals surface area contributed by atoms with Gasteiger partial charge in [0, 0.05) is 4.87 Å². The van der Waals surface area contributed by atoms with Crippen molar-refractivity contribution in [3.05, 3.63) is 0 Å². The summed E-state index contributed by atoms with van der Waals surface area (Å²) in [6, 6.07) is 0. The molecular weight excluding hydrogens is 172 g/mol. The first-order valence-electron chi connectivity index (χ1n) is 4.53. The van der Waals surface area contributed by atoms with Gasteiger partial charge in [0.25, 0.3) is 0 Å². The van der Waals surface area contributed by atoms with Crippen LogP contribution < -0.4 is 0 Å². The van der Waals surface area contributed by atoms with Crippen LogP contribution >= 0.6 is 11.6 Å². The van der Waals surface area contributed by atoms with Crippen LogP contribution in [-0.4, -0.2) is 15.6 Å². The molecule has 1 rings (SSSR count). The van der Waals surface area contributed by atoms with Crippen molar-refractivity contribution < 1.29 is 5.11 Å². The van der Waals surface area contributed by atoms with Crippen LogP contribution in [0.2, 0.25) is 0 Å². The summed E-state index contributed by atoms with van der Waals surface area (Å²) in [6.07, 6.45) is 2.53. The van der Waals surface area contributed by atoms with Crippen molar-refractivity contribution >= 4 is 11.6 Å². The summed E-state index contributed by atoms with van der Waals surface area (Å²) < 4.78 is 0. The van der Waals surface area contributed by atoms with E-state index in [1.165, 1.54) is 0 Å². The van der Waals surface area contributed by atoms with Gasteiger partial charge in [0.2, 0.25) is 0 Å². The predicted octanol–water partition coefficient (Wildman–Crippen LogP) is 2.95. The van der Waals surface area contributed by atoms with E-state index in [0.717, 1.165) is 12.8 Å². The SMILES string of the molecule is CC1(C)C[C@](C)(O)C[C@@](C)(Cl)C1. The van der Waals surface area contributed by atoms with Gasteiger partial charge >= 0.3 is 0 Å². The van der Waals surface area contributed by atoms with E-state index in [9.17, 15) is 5.11 Å². The Labute approximate surface area is 80.1 Å². The Balaban J connectivity index is 2.81. The molecular formula is C10H19ClO. The average Bonchev–Trinajstić information content (AvgIpc) is 1.44. The van der Waals surface area contributed by atoms with Crippen molar-refractivity contribution in [1.29, 1.82) is 0 Å². The maximum absolute atomic E-state index is 9.96. The average molecular weight is 191 g/mol. The molecule has 1 aliphatic rings. The maximum atomic E-state index is 9.96. The van der Waals surface area contributed by atoms with Crippen molar-refractivity contribution in [2.45, 2.75) is 57.4 Å². The number of aliphatic hydroxyl groups is 1. The molecule has 1 aliphatic carbocycles. The van der Waals surface area contributed by atoms with Crippen molar-refractivity contribution in [2.24, 2.45) is 5.41 Å². The first-order valence-corrected chi connectivity index (χ1v) is 4.91. The van der Waals surface area contributed by atoms with Gasteiger partial charge in [-0.2, -0.15) is 0 Å². The van der Waals surface area contributed by atoms with Crippen LogP contribution in [0.5, 0.6) is 0 Å². The van der Waals surface area contributed by atoms with Gasteiger partial charge in [0.1, 0.15) is 0 Å². The van der Waals surface area contributed by atoms with Crippen LogP contribution in [0.4, 0.5) is 0 Å². The van der Waals surface area contributed by atoms with Crippen molar-refractivity contribution in [3.8, 4) is 0 Å². The molecule has 0 aliphatic heterocycles. The molecule has 0 spiro atoms. The van der Waals surface area contributed by atoms with Crippen molar-refractivity contribution in [2.75, 3.05) is 0 Å². The van der Waals surface area contributed by atoms with Gasteiger partial charge in [-0.05, 0) is 38.5 Å². The van der Waals surface area contributed by atoms with E-state index in [4.69, 9.17) is 11.6 Å². The minimum Gasteiger partial charge on any atom is -0.390 e. The summed E-state index contributed by atoms with van der Waals surface area (Å²) in [4.78, 5) is -0.231. The largest absolute Gasteiger partial charge is 0.390 e. The van der Waals surface area contributed by atoms with Gasteiger partial charge in [0.15, 0.2) is 0 Å². The maximum Gasteiger partial charge on any atom is 0.0641 e. The van der Waals surface area contributed by atoms with Crippen LogP contribution in [0, 0.1) is 5.41 Å². The summed E-state index contributed by atoms with van der Waals surface area (Å²) >= 11 is 6.28. The Morgan fingerprint density at radius 3 is 1.83 bits per heavy atom. The molecule has 0 radical (unpaired) electrons. The highest BCUT2D eigenvalue weighted by atomic mass is 35.5. The summed E-state index contributed by atoms with van der Waals surface area (Å²) in [7, 11) is 0. The molecule has 0 aromatic heterocycles.